The van der Waals surface area contributed by atoms with E-state index in [-0.39, 0.29) is 12.2 Å². The lowest BCUT2D eigenvalue weighted by Gasteiger charge is -2.14. The predicted octanol–water partition coefficient (Wildman–Crippen LogP) is 2.01. The lowest BCUT2D eigenvalue weighted by molar-refractivity contribution is -0.153. The molecule has 0 saturated carbocycles. The van der Waals surface area contributed by atoms with Crippen molar-refractivity contribution in [3.63, 3.8) is 0 Å². The predicted molar refractivity (Wildman–Crippen MR) is 54.7 cm³/mol. The SMILES string of the molecule is CCOC(=O)C(O)c1ccc(O)c(C(F)(F)F)c1. The van der Waals surface area contributed by atoms with E-state index in [4.69, 9.17) is 5.11 Å². The number of aromatic hydroxyl groups is 1. The van der Waals surface area contributed by atoms with Crippen molar-refractivity contribution in [2.45, 2.75) is 19.2 Å². The van der Waals surface area contributed by atoms with Crippen molar-refractivity contribution in [3.05, 3.63) is 29.3 Å². The van der Waals surface area contributed by atoms with E-state index in [0.717, 1.165) is 12.1 Å². The van der Waals surface area contributed by atoms with Crippen molar-refractivity contribution < 1.29 is 32.9 Å². The molecule has 7 heteroatoms. The minimum Gasteiger partial charge on any atom is -0.507 e. The van der Waals surface area contributed by atoms with E-state index >= 15 is 0 Å². The Morgan fingerprint density at radius 3 is 2.56 bits per heavy atom. The molecule has 0 aliphatic rings. The zero-order chi connectivity index (χ0) is 13.9. The second kappa shape index (κ2) is 5.26. The topological polar surface area (TPSA) is 66.8 Å². The fourth-order valence-corrected chi connectivity index (χ4v) is 1.31. The van der Waals surface area contributed by atoms with Crippen molar-refractivity contribution in [2.24, 2.45) is 0 Å². The number of carbonyl (C=O) groups is 1. The number of esters is 1. The van der Waals surface area contributed by atoms with E-state index in [1.807, 2.05) is 0 Å². The van der Waals surface area contributed by atoms with Gasteiger partial charge in [0.05, 0.1) is 12.2 Å². The minimum atomic E-state index is -4.77. The molecule has 4 nitrogen and oxygen atoms in total. The van der Waals surface area contributed by atoms with Crippen LogP contribution in [0.4, 0.5) is 13.2 Å². The molecule has 0 spiro atoms. The van der Waals surface area contributed by atoms with E-state index in [9.17, 15) is 23.1 Å². The van der Waals surface area contributed by atoms with E-state index < -0.39 is 29.6 Å². The van der Waals surface area contributed by atoms with Crippen molar-refractivity contribution in [3.8, 4) is 5.75 Å². The molecule has 1 unspecified atom stereocenters. The maximum absolute atomic E-state index is 12.5. The number of hydrogen-bond acceptors (Lipinski definition) is 4. The van der Waals surface area contributed by atoms with Gasteiger partial charge in [-0.3, -0.25) is 0 Å². The van der Waals surface area contributed by atoms with Gasteiger partial charge in [0.25, 0.3) is 0 Å². The first-order valence-electron chi connectivity index (χ1n) is 5.02. The summed E-state index contributed by atoms with van der Waals surface area (Å²) in [5.74, 6) is -2.02. The molecule has 1 aromatic carbocycles. The lowest BCUT2D eigenvalue weighted by atomic mass is 10.0. The maximum atomic E-state index is 12.5. The summed E-state index contributed by atoms with van der Waals surface area (Å²) in [7, 11) is 0. The second-order valence-electron chi connectivity index (χ2n) is 3.43. The Morgan fingerprint density at radius 1 is 1.44 bits per heavy atom. The third-order valence-electron chi connectivity index (χ3n) is 2.15. The van der Waals surface area contributed by atoms with Crippen LogP contribution in [-0.2, 0) is 15.7 Å². The highest BCUT2D eigenvalue weighted by atomic mass is 19.4. The Kier molecular flexibility index (Phi) is 4.18. The fourth-order valence-electron chi connectivity index (χ4n) is 1.31. The first-order chi connectivity index (χ1) is 8.27. The molecular formula is C11H11F3O4. The summed E-state index contributed by atoms with van der Waals surface area (Å²) >= 11 is 0. The van der Waals surface area contributed by atoms with Crippen LogP contribution in [-0.4, -0.2) is 22.8 Å². The summed E-state index contributed by atoms with van der Waals surface area (Å²) in [6.07, 6.45) is -6.58. The van der Waals surface area contributed by atoms with Gasteiger partial charge >= 0.3 is 12.1 Å². The number of benzene rings is 1. The zero-order valence-corrected chi connectivity index (χ0v) is 9.36. The van der Waals surface area contributed by atoms with Gasteiger partial charge in [-0.15, -0.1) is 0 Å². The van der Waals surface area contributed by atoms with E-state index in [0.29, 0.717) is 6.07 Å². The van der Waals surface area contributed by atoms with Gasteiger partial charge in [-0.1, -0.05) is 6.07 Å². The molecule has 0 aliphatic heterocycles. The van der Waals surface area contributed by atoms with Crippen LogP contribution in [0.5, 0.6) is 5.75 Å². The number of aliphatic hydroxyl groups excluding tert-OH is 1. The smallest absolute Gasteiger partial charge is 0.419 e. The Morgan fingerprint density at radius 2 is 2.06 bits per heavy atom. The van der Waals surface area contributed by atoms with Crippen LogP contribution in [0.2, 0.25) is 0 Å². The average Bonchev–Trinajstić information content (AvgIpc) is 2.27. The molecule has 0 aliphatic carbocycles. The van der Waals surface area contributed by atoms with E-state index in [1.165, 1.54) is 6.92 Å². The lowest BCUT2D eigenvalue weighted by Crippen LogP contribution is -2.16. The molecule has 0 amide bonds. The van der Waals surface area contributed by atoms with E-state index in [2.05, 4.69) is 4.74 Å². The number of alkyl halides is 3. The van der Waals surface area contributed by atoms with Crippen LogP contribution < -0.4 is 0 Å². The zero-order valence-electron chi connectivity index (χ0n) is 9.36. The highest BCUT2D eigenvalue weighted by Crippen LogP contribution is 2.37. The van der Waals surface area contributed by atoms with Crippen LogP contribution in [0.3, 0.4) is 0 Å². The van der Waals surface area contributed by atoms with Crippen molar-refractivity contribution in [1.82, 2.24) is 0 Å². The van der Waals surface area contributed by atoms with Crippen LogP contribution in [0.15, 0.2) is 18.2 Å². The van der Waals surface area contributed by atoms with Gasteiger partial charge in [-0.2, -0.15) is 13.2 Å². The molecule has 0 saturated heterocycles. The molecule has 0 aromatic heterocycles. The Balaban J connectivity index is 3.09. The van der Waals surface area contributed by atoms with Crippen molar-refractivity contribution >= 4 is 5.97 Å². The normalized spacial score (nSPS) is 13.2. The van der Waals surface area contributed by atoms with Crippen LogP contribution >= 0.6 is 0 Å². The van der Waals surface area contributed by atoms with Crippen molar-refractivity contribution in [1.29, 1.82) is 0 Å². The van der Waals surface area contributed by atoms with Gasteiger partial charge in [0.2, 0.25) is 0 Å². The summed E-state index contributed by atoms with van der Waals surface area (Å²) in [6, 6.07) is 2.30. The van der Waals surface area contributed by atoms with Gasteiger partial charge in [0.1, 0.15) is 5.75 Å². The Labute approximate surface area is 101 Å². The van der Waals surface area contributed by atoms with Crippen molar-refractivity contribution in [2.75, 3.05) is 6.61 Å². The number of phenols is 1. The Hall–Kier alpha value is -1.76. The molecule has 1 rings (SSSR count). The molecule has 0 heterocycles. The molecule has 0 bridgehead atoms. The van der Waals surface area contributed by atoms with Gasteiger partial charge in [-0.25, -0.2) is 4.79 Å². The summed E-state index contributed by atoms with van der Waals surface area (Å²) in [6.45, 7) is 1.50. The quantitative estimate of drug-likeness (QED) is 0.819. The van der Waals surface area contributed by atoms with Gasteiger partial charge in [0.15, 0.2) is 6.10 Å². The van der Waals surface area contributed by atoms with Gasteiger partial charge in [0, 0.05) is 0 Å². The molecule has 0 radical (unpaired) electrons. The third kappa shape index (κ3) is 3.13. The highest BCUT2D eigenvalue weighted by Gasteiger charge is 2.35. The summed E-state index contributed by atoms with van der Waals surface area (Å²) in [5.41, 5.74) is -1.61. The number of phenolic OH excluding ortho intramolecular Hbond substituents is 1. The number of aliphatic hydroxyl groups is 1. The maximum Gasteiger partial charge on any atom is 0.419 e. The molecule has 100 valence electrons. The number of ether oxygens (including phenoxy) is 1. The fraction of sp³-hybridized carbons (Fsp3) is 0.364. The summed E-state index contributed by atoms with van der Waals surface area (Å²) < 4.78 is 41.9. The monoisotopic (exact) mass is 264 g/mol. The first-order valence-corrected chi connectivity index (χ1v) is 5.02. The minimum absolute atomic E-state index is 0.000104. The molecule has 2 N–H and O–H groups in total. The third-order valence-corrected chi connectivity index (χ3v) is 2.15. The van der Waals surface area contributed by atoms with Crippen LogP contribution in [0, 0.1) is 0 Å². The second-order valence-corrected chi connectivity index (χ2v) is 3.43. The van der Waals surface area contributed by atoms with Crippen LogP contribution in [0.1, 0.15) is 24.2 Å². The number of rotatable bonds is 3. The Bertz CT molecular complexity index is 442. The number of halogens is 3. The largest absolute Gasteiger partial charge is 0.507 e. The first kappa shape index (κ1) is 14.3. The van der Waals surface area contributed by atoms with E-state index in [1.54, 1.807) is 0 Å². The molecule has 1 aromatic rings. The molecule has 18 heavy (non-hydrogen) atoms. The van der Waals surface area contributed by atoms with Crippen LogP contribution in [0.25, 0.3) is 0 Å². The molecule has 0 fully saturated rings. The number of hydrogen-bond donors (Lipinski definition) is 2. The van der Waals surface area contributed by atoms with Gasteiger partial charge in [-0.05, 0) is 24.6 Å². The number of carbonyl (C=O) groups excluding carboxylic acids is 1. The molecular weight excluding hydrogens is 253 g/mol. The van der Waals surface area contributed by atoms with Gasteiger partial charge < -0.3 is 14.9 Å². The average molecular weight is 264 g/mol. The standard InChI is InChI=1S/C11H11F3O4/c1-2-18-10(17)9(16)6-3-4-8(15)7(5-6)11(12,13)14/h3-5,9,15-16H,2H2,1H3. The summed E-state index contributed by atoms with van der Waals surface area (Å²) in [4.78, 5) is 11.2. The summed E-state index contributed by atoms with van der Waals surface area (Å²) in [5, 5.41) is 18.6. The highest BCUT2D eigenvalue weighted by molar-refractivity contribution is 5.76. The molecule has 1 atom stereocenters.